The van der Waals surface area contributed by atoms with Gasteiger partial charge in [0.2, 0.25) is 11.7 Å². The van der Waals surface area contributed by atoms with Crippen LogP contribution in [0.25, 0.3) is 0 Å². The molecule has 17 heavy (non-hydrogen) atoms. The predicted molar refractivity (Wildman–Crippen MR) is 53.4 cm³/mol. The van der Waals surface area contributed by atoms with Crippen LogP contribution in [0.15, 0.2) is 12.1 Å². The lowest BCUT2D eigenvalue weighted by molar-refractivity contribution is -0.387. The molecule has 1 N–H and O–H groups in total. The van der Waals surface area contributed by atoms with E-state index in [1.807, 2.05) is 0 Å². The molecule has 1 fully saturated rings. The highest BCUT2D eigenvalue weighted by molar-refractivity contribution is 5.79. The Hall–Kier alpha value is -2.05. The molecule has 0 bridgehead atoms. The molecule has 0 spiro atoms. The molecule has 1 aromatic rings. The first-order valence-corrected chi connectivity index (χ1v) is 4.89. The number of nitrogens with zero attached hydrogens (tertiary/aromatic N) is 1. The fourth-order valence-corrected chi connectivity index (χ4v) is 1.83. The van der Waals surface area contributed by atoms with Crippen molar-refractivity contribution in [2.24, 2.45) is 0 Å². The third-order valence-corrected chi connectivity index (χ3v) is 2.68. The molecule has 5 nitrogen and oxygen atoms in total. The highest BCUT2D eigenvalue weighted by Gasteiger charge is 2.28. The lowest BCUT2D eigenvalue weighted by atomic mass is 9.97. The first-order valence-electron chi connectivity index (χ1n) is 4.89. The highest BCUT2D eigenvalue weighted by atomic mass is 19.1. The second kappa shape index (κ2) is 4.08. The third-order valence-electron chi connectivity index (χ3n) is 2.68. The topological polar surface area (TPSA) is 72.2 Å². The molecular formula is C10H8F2N2O3. The van der Waals surface area contributed by atoms with Gasteiger partial charge in [-0.05, 0) is 11.6 Å². The quantitative estimate of drug-likeness (QED) is 0.630. The van der Waals surface area contributed by atoms with Gasteiger partial charge in [0.05, 0.1) is 11.0 Å². The summed E-state index contributed by atoms with van der Waals surface area (Å²) in [6, 6.07) is 1.34. The summed E-state index contributed by atoms with van der Waals surface area (Å²) in [6.07, 6.45) is 0.0637. The first kappa shape index (κ1) is 11.4. The van der Waals surface area contributed by atoms with Gasteiger partial charge in [0.25, 0.3) is 0 Å². The van der Waals surface area contributed by atoms with Gasteiger partial charge in [-0.2, -0.15) is 4.39 Å². The van der Waals surface area contributed by atoms with Gasteiger partial charge in [0.1, 0.15) is 5.82 Å². The summed E-state index contributed by atoms with van der Waals surface area (Å²) in [7, 11) is 0. The first-order chi connectivity index (χ1) is 7.99. The van der Waals surface area contributed by atoms with Crippen molar-refractivity contribution in [2.45, 2.75) is 12.3 Å². The van der Waals surface area contributed by atoms with Gasteiger partial charge in [-0.3, -0.25) is 14.9 Å². The van der Waals surface area contributed by atoms with E-state index >= 15 is 0 Å². The second-order valence-corrected chi connectivity index (χ2v) is 3.79. The van der Waals surface area contributed by atoms with E-state index in [0.717, 1.165) is 6.07 Å². The monoisotopic (exact) mass is 242 g/mol. The second-order valence-electron chi connectivity index (χ2n) is 3.79. The van der Waals surface area contributed by atoms with E-state index in [4.69, 9.17) is 0 Å². The minimum Gasteiger partial charge on any atom is -0.355 e. The van der Waals surface area contributed by atoms with E-state index in [9.17, 15) is 23.7 Å². The lowest BCUT2D eigenvalue weighted by Crippen LogP contribution is -2.13. The van der Waals surface area contributed by atoms with Crippen LogP contribution in [0, 0.1) is 21.7 Å². The van der Waals surface area contributed by atoms with Crippen molar-refractivity contribution in [3.05, 3.63) is 39.4 Å². The standard InChI is InChI=1S/C10H8F2N2O3/c11-7-3-9(14(16)17)8(12)2-6(7)5-1-10(15)13-4-5/h2-3,5H,1,4H2,(H,13,15). The molecule has 1 heterocycles. The van der Waals surface area contributed by atoms with Gasteiger partial charge >= 0.3 is 5.69 Å². The zero-order chi connectivity index (χ0) is 12.6. The van der Waals surface area contributed by atoms with Crippen LogP contribution in [0.5, 0.6) is 0 Å². The van der Waals surface area contributed by atoms with Gasteiger partial charge in [0, 0.05) is 18.9 Å². The number of benzene rings is 1. The van der Waals surface area contributed by atoms with Crippen LogP contribution in [-0.4, -0.2) is 17.4 Å². The van der Waals surface area contributed by atoms with Crippen molar-refractivity contribution < 1.29 is 18.5 Å². The lowest BCUT2D eigenvalue weighted by Gasteiger charge is -2.09. The number of carbonyl (C=O) groups is 1. The van der Waals surface area contributed by atoms with Crippen molar-refractivity contribution in [3.8, 4) is 0 Å². The van der Waals surface area contributed by atoms with Crippen LogP contribution in [-0.2, 0) is 4.79 Å². The zero-order valence-electron chi connectivity index (χ0n) is 8.57. The smallest absolute Gasteiger partial charge is 0.307 e. The van der Waals surface area contributed by atoms with Crippen LogP contribution < -0.4 is 5.32 Å². The molecule has 1 saturated heterocycles. The molecule has 90 valence electrons. The molecule has 1 unspecified atom stereocenters. The fourth-order valence-electron chi connectivity index (χ4n) is 1.83. The van der Waals surface area contributed by atoms with E-state index in [1.54, 1.807) is 0 Å². The number of amides is 1. The summed E-state index contributed by atoms with van der Waals surface area (Å²) in [5.74, 6) is -2.67. The van der Waals surface area contributed by atoms with Crippen LogP contribution in [0.4, 0.5) is 14.5 Å². The molecule has 1 amide bonds. The van der Waals surface area contributed by atoms with Gasteiger partial charge in [-0.15, -0.1) is 0 Å². The molecule has 0 saturated carbocycles. The number of carbonyl (C=O) groups excluding carboxylic acids is 1. The molecule has 1 aromatic carbocycles. The maximum Gasteiger partial charge on any atom is 0.307 e. The van der Waals surface area contributed by atoms with Gasteiger partial charge < -0.3 is 5.32 Å². The largest absolute Gasteiger partial charge is 0.355 e. The number of nitro groups is 1. The van der Waals surface area contributed by atoms with E-state index in [0.29, 0.717) is 6.07 Å². The molecule has 0 aliphatic carbocycles. The highest BCUT2D eigenvalue weighted by Crippen LogP contribution is 2.29. The number of rotatable bonds is 2. The third kappa shape index (κ3) is 2.08. The normalized spacial score (nSPS) is 19.2. The maximum absolute atomic E-state index is 13.6. The molecule has 0 aromatic heterocycles. The number of hydrogen-bond acceptors (Lipinski definition) is 3. The number of nitrogens with one attached hydrogen (secondary N) is 1. The molecule has 1 aliphatic rings. The number of hydrogen-bond donors (Lipinski definition) is 1. The summed E-state index contributed by atoms with van der Waals surface area (Å²) >= 11 is 0. The van der Waals surface area contributed by atoms with Gasteiger partial charge in [0.15, 0.2) is 0 Å². The predicted octanol–water partition coefficient (Wildman–Crippen LogP) is 1.48. The fraction of sp³-hybridized carbons (Fsp3) is 0.300. The van der Waals surface area contributed by atoms with Crippen molar-refractivity contribution in [3.63, 3.8) is 0 Å². The van der Waals surface area contributed by atoms with E-state index < -0.39 is 28.2 Å². The number of nitro benzene ring substituents is 1. The summed E-state index contributed by atoms with van der Waals surface area (Å²) < 4.78 is 26.9. The Bertz CT molecular complexity index is 505. The Morgan fingerprint density at radius 2 is 2.06 bits per heavy atom. The molecule has 2 rings (SSSR count). The Morgan fingerprint density at radius 1 is 1.35 bits per heavy atom. The van der Waals surface area contributed by atoms with Crippen LogP contribution >= 0.6 is 0 Å². The van der Waals surface area contributed by atoms with Crippen molar-refractivity contribution >= 4 is 11.6 Å². The Balaban J connectivity index is 2.39. The van der Waals surface area contributed by atoms with Gasteiger partial charge in [-0.25, -0.2) is 4.39 Å². The summed E-state index contributed by atoms with van der Waals surface area (Å²) in [4.78, 5) is 20.4. The van der Waals surface area contributed by atoms with E-state index in [2.05, 4.69) is 5.32 Å². The number of halogens is 2. The molecule has 1 atom stereocenters. The average molecular weight is 242 g/mol. The molecule has 0 radical (unpaired) electrons. The SMILES string of the molecule is O=C1CC(c2cc(F)c([N+](=O)[O-])cc2F)CN1. The summed E-state index contributed by atoms with van der Waals surface area (Å²) in [5, 5.41) is 12.9. The molecule has 1 aliphatic heterocycles. The minimum absolute atomic E-state index is 0.00792. The van der Waals surface area contributed by atoms with Crippen molar-refractivity contribution in [1.29, 1.82) is 0 Å². The van der Waals surface area contributed by atoms with Crippen molar-refractivity contribution in [1.82, 2.24) is 5.32 Å². The summed E-state index contributed by atoms with van der Waals surface area (Å²) in [6.45, 7) is 0.215. The summed E-state index contributed by atoms with van der Waals surface area (Å²) in [5.41, 5.74) is -0.907. The van der Waals surface area contributed by atoms with Crippen molar-refractivity contribution in [2.75, 3.05) is 6.54 Å². The Morgan fingerprint density at radius 3 is 2.59 bits per heavy atom. The van der Waals surface area contributed by atoms with Crippen LogP contribution in [0.2, 0.25) is 0 Å². The Kier molecular flexibility index (Phi) is 2.74. The Labute approximate surface area is 94.6 Å². The zero-order valence-corrected chi connectivity index (χ0v) is 8.57. The van der Waals surface area contributed by atoms with E-state index in [-0.39, 0.29) is 24.4 Å². The maximum atomic E-state index is 13.6. The average Bonchev–Trinajstić information content (AvgIpc) is 2.67. The molecule has 7 heteroatoms. The van der Waals surface area contributed by atoms with Crippen LogP contribution in [0.3, 0.4) is 0 Å². The van der Waals surface area contributed by atoms with E-state index in [1.165, 1.54) is 0 Å². The minimum atomic E-state index is -1.09. The van der Waals surface area contributed by atoms with Gasteiger partial charge in [-0.1, -0.05) is 0 Å². The van der Waals surface area contributed by atoms with Crippen LogP contribution in [0.1, 0.15) is 17.9 Å². The molecular weight excluding hydrogens is 234 g/mol.